The molecule has 1 heterocycles. The molecule has 0 aromatic heterocycles. The highest BCUT2D eigenvalue weighted by atomic mass is 16.6. The predicted octanol–water partition coefficient (Wildman–Crippen LogP) is 5.20. The van der Waals surface area contributed by atoms with Gasteiger partial charge in [0.05, 0.1) is 73.2 Å². The molecule has 0 amide bonds. The Hall–Kier alpha value is -1.26. The van der Waals surface area contributed by atoms with Crippen LogP contribution in [0.25, 0.3) is 0 Å². The Morgan fingerprint density at radius 3 is 1.41 bits per heavy atom. The van der Waals surface area contributed by atoms with E-state index in [0.717, 1.165) is 38.8 Å². The molecule has 2 aliphatic carbocycles. The van der Waals surface area contributed by atoms with Gasteiger partial charge < -0.3 is 32.7 Å². The summed E-state index contributed by atoms with van der Waals surface area (Å²) in [6.45, 7) is 19.1. The number of carbonyl (C=O) groups is 2. The summed E-state index contributed by atoms with van der Waals surface area (Å²) in [6.07, 6.45) is 6.74. The molecule has 0 radical (unpaired) electrons. The fourth-order valence-electron chi connectivity index (χ4n) is 7.57. The van der Waals surface area contributed by atoms with Crippen molar-refractivity contribution in [3.63, 3.8) is 0 Å². The van der Waals surface area contributed by atoms with E-state index < -0.39 is 0 Å². The molecule has 1 saturated heterocycles. The van der Waals surface area contributed by atoms with Crippen molar-refractivity contribution in [3.05, 3.63) is 0 Å². The summed E-state index contributed by atoms with van der Waals surface area (Å²) >= 11 is 0. The Morgan fingerprint density at radius 1 is 0.696 bits per heavy atom. The average molecular weight is 655 g/mol. The highest BCUT2D eigenvalue weighted by molar-refractivity contribution is 5.71. The van der Waals surface area contributed by atoms with Crippen molar-refractivity contribution in [1.82, 2.24) is 0 Å². The second kappa shape index (κ2) is 17.4. The zero-order valence-electron chi connectivity index (χ0n) is 31.2. The zero-order chi connectivity index (χ0) is 34.1. The standard InChI is InChI=1S/C37H70N2O7/c1-27(2)31-13-11-29(5)19-33(31)45-35(40)21-38(7,8)15-17-42-23-37(25-44-26-37)24-43-18-16-39(9,10)22-36(41)46-34-20-30(6)12-14-32(34)28(3)4/h27-34H,11-26H2,1-10H3/q+2/t29-,30+,31-,32-,33-,34-/m1/s1. The van der Waals surface area contributed by atoms with Crippen LogP contribution in [0.2, 0.25) is 0 Å². The summed E-state index contributed by atoms with van der Waals surface area (Å²) in [4.78, 5) is 25.9. The molecule has 9 heteroatoms. The maximum Gasteiger partial charge on any atom is 0.362 e. The Morgan fingerprint density at radius 2 is 1.09 bits per heavy atom. The lowest BCUT2D eigenvalue weighted by Gasteiger charge is -2.41. The van der Waals surface area contributed by atoms with Crippen molar-refractivity contribution in [3.8, 4) is 0 Å². The number of ether oxygens (including phenoxy) is 5. The van der Waals surface area contributed by atoms with Gasteiger partial charge in [0.15, 0.2) is 13.1 Å². The van der Waals surface area contributed by atoms with Crippen LogP contribution in [0.1, 0.15) is 80.1 Å². The van der Waals surface area contributed by atoms with Gasteiger partial charge in [-0.25, -0.2) is 9.59 Å². The maximum absolute atomic E-state index is 12.9. The molecule has 2 saturated carbocycles. The smallest absolute Gasteiger partial charge is 0.362 e. The normalized spacial score (nSPS) is 28.6. The third kappa shape index (κ3) is 12.6. The molecule has 3 fully saturated rings. The molecule has 6 atom stereocenters. The van der Waals surface area contributed by atoms with Crippen molar-refractivity contribution >= 4 is 11.9 Å². The van der Waals surface area contributed by atoms with Gasteiger partial charge in [-0.15, -0.1) is 0 Å². The fraction of sp³-hybridized carbons (Fsp3) is 0.946. The van der Waals surface area contributed by atoms with E-state index in [9.17, 15) is 9.59 Å². The number of hydrogen-bond donors (Lipinski definition) is 0. The first-order valence-corrected chi connectivity index (χ1v) is 18.3. The van der Waals surface area contributed by atoms with Crippen LogP contribution in [0, 0.1) is 40.9 Å². The van der Waals surface area contributed by atoms with E-state index in [4.69, 9.17) is 23.7 Å². The minimum atomic E-state index is -0.140. The molecule has 3 rings (SSSR count). The molecule has 9 nitrogen and oxygen atoms in total. The molecule has 0 N–H and O–H groups in total. The van der Waals surface area contributed by atoms with Crippen LogP contribution in [-0.2, 0) is 33.3 Å². The molecule has 1 aliphatic heterocycles. The highest BCUT2D eigenvalue weighted by Crippen LogP contribution is 2.36. The predicted molar refractivity (Wildman–Crippen MR) is 181 cm³/mol. The zero-order valence-corrected chi connectivity index (χ0v) is 31.2. The number of quaternary nitrogens is 2. The van der Waals surface area contributed by atoms with Crippen LogP contribution in [-0.4, -0.2) is 127 Å². The third-order valence-corrected chi connectivity index (χ3v) is 10.9. The Kier molecular flexibility index (Phi) is 14.8. The van der Waals surface area contributed by atoms with Gasteiger partial charge in [-0.2, -0.15) is 0 Å². The lowest BCUT2D eigenvalue weighted by molar-refractivity contribution is -0.883. The van der Waals surface area contributed by atoms with Crippen LogP contribution in [0.3, 0.4) is 0 Å². The van der Waals surface area contributed by atoms with E-state index >= 15 is 0 Å². The van der Waals surface area contributed by atoms with Gasteiger partial charge >= 0.3 is 11.9 Å². The Bertz CT molecular complexity index is 878. The average Bonchev–Trinajstić information content (AvgIpc) is 2.90. The molecular weight excluding hydrogens is 584 g/mol. The first-order chi connectivity index (χ1) is 21.5. The molecule has 46 heavy (non-hydrogen) atoms. The van der Waals surface area contributed by atoms with E-state index in [1.165, 1.54) is 12.8 Å². The molecule has 0 unspecified atom stereocenters. The minimum absolute atomic E-state index is 0.0344. The summed E-state index contributed by atoms with van der Waals surface area (Å²) < 4.78 is 31.0. The van der Waals surface area contributed by atoms with Crippen molar-refractivity contribution in [1.29, 1.82) is 0 Å². The van der Waals surface area contributed by atoms with Gasteiger partial charge in [0.25, 0.3) is 0 Å². The second-order valence-corrected chi connectivity index (χ2v) is 17.4. The summed E-state index contributed by atoms with van der Waals surface area (Å²) in [6, 6.07) is 0. The van der Waals surface area contributed by atoms with Crippen LogP contribution >= 0.6 is 0 Å². The summed E-state index contributed by atoms with van der Waals surface area (Å²) in [5.41, 5.74) is -0.140. The van der Waals surface area contributed by atoms with Crippen LogP contribution < -0.4 is 0 Å². The maximum atomic E-state index is 12.9. The topological polar surface area (TPSA) is 80.3 Å². The van der Waals surface area contributed by atoms with E-state index in [1.54, 1.807) is 0 Å². The summed E-state index contributed by atoms with van der Waals surface area (Å²) in [5, 5.41) is 0. The molecule has 0 spiro atoms. The van der Waals surface area contributed by atoms with Crippen molar-refractivity contribution in [2.45, 2.75) is 92.3 Å². The van der Waals surface area contributed by atoms with Gasteiger partial charge in [0.2, 0.25) is 0 Å². The van der Waals surface area contributed by atoms with Crippen LogP contribution in [0.4, 0.5) is 0 Å². The second-order valence-electron chi connectivity index (χ2n) is 17.4. The Labute approximate surface area is 281 Å². The monoisotopic (exact) mass is 655 g/mol. The fourth-order valence-corrected chi connectivity index (χ4v) is 7.57. The lowest BCUT2D eigenvalue weighted by atomic mass is 9.75. The van der Waals surface area contributed by atoms with Crippen LogP contribution in [0.15, 0.2) is 0 Å². The first-order valence-electron chi connectivity index (χ1n) is 18.3. The minimum Gasteiger partial charge on any atom is -0.458 e. The molecule has 3 aliphatic rings. The molecule has 268 valence electrons. The van der Waals surface area contributed by atoms with Gasteiger partial charge in [-0.3, -0.25) is 0 Å². The number of rotatable bonds is 18. The molecular formula is C37H70N2O7+2. The highest BCUT2D eigenvalue weighted by Gasteiger charge is 2.40. The van der Waals surface area contributed by atoms with E-state index in [-0.39, 0.29) is 29.6 Å². The van der Waals surface area contributed by atoms with Crippen molar-refractivity contribution in [2.75, 3.05) is 94.0 Å². The molecule has 0 aromatic carbocycles. The number of hydrogen-bond acceptors (Lipinski definition) is 7. The van der Waals surface area contributed by atoms with E-state index in [0.29, 0.717) is 97.2 Å². The third-order valence-electron chi connectivity index (χ3n) is 10.9. The SMILES string of the molecule is CC(C)[C@H]1CC[C@@H](C)C[C@H]1OC(=O)C[N+](C)(C)CCOCC1(COCC[N+](C)(C)CC(=O)O[C@@H]2C[C@@H](C)CC[C@@H]2C(C)C)COC1. The summed E-state index contributed by atoms with van der Waals surface area (Å²) in [5.74, 6) is 2.96. The molecule has 0 bridgehead atoms. The number of carbonyl (C=O) groups excluding carboxylic acids is 2. The van der Waals surface area contributed by atoms with E-state index in [2.05, 4.69) is 69.7 Å². The number of likely N-dealkylation sites (N-methyl/N-ethyl adjacent to an activating group) is 2. The van der Waals surface area contributed by atoms with Gasteiger partial charge in [0, 0.05) is 0 Å². The summed E-state index contributed by atoms with van der Waals surface area (Å²) in [7, 11) is 8.25. The van der Waals surface area contributed by atoms with Crippen molar-refractivity contribution in [2.24, 2.45) is 40.9 Å². The van der Waals surface area contributed by atoms with Crippen LogP contribution in [0.5, 0.6) is 0 Å². The number of nitrogens with zero attached hydrogens (tertiary/aromatic N) is 2. The Balaban J connectivity index is 1.33. The quantitative estimate of drug-likeness (QED) is 0.114. The van der Waals surface area contributed by atoms with Gasteiger partial charge in [-0.1, -0.05) is 54.4 Å². The first kappa shape index (κ1) is 39.2. The van der Waals surface area contributed by atoms with E-state index in [1.807, 2.05) is 0 Å². The molecule has 0 aromatic rings. The van der Waals surface area contributed by atoms with Crippen molar-refractivity contribution < 1.29 is 42.2 Å². The largest absolute Gasteiger partial charge is 0.458 e. The number of esters is 2. The van der Waals surface area contributed by atoms with Gasteiger partial charge in [0.1, 0.15) is 25.3 Å². The lowest BCUT2D eigenvalue weighted by Crippen LogP contribution is -2.52. The van der Waals surface area contributed by atoms with Gasteiger partial charge in [-0.05, 0) is 61.2 Å².